The zero-order valence-corrected chi connectivity index (χ0v) is 24.6. The average Bonchev–Trinajstić information content (AvgIpc) is 2.84. The SMILES string of the molecule is C[C@H]1CN(C[C@H](Cc2ccccc2)C(=O)OC(C)(C)C)CC[C@@]1(C)c1cccc(OS(=O)(=O)CCC(F)(F)F)c1. The van der Waals surface area contributed by atoms with E-state index in [0.717, 1.165) is 17.5 Å². The van der Waals surface area contributed by atoms with Gasteiger partial charge in [-0.3, -0.25) is 4.79 Å². The summed E-state index contributed by atoms with van der Waals surface area (Å²) in [6.45, 7) is 11.8. The molecule has 0 spiro atoms. The van der Waals surface area contributed by atoms with Gasteiger partial charge < -0.3 is 13.8 Å². The van der Waals surface area contributed by atoms with Crippen LogP contribution in [0.1, 0.15) is 58.6 Å². The average molecular weight is 584 g/mol. The summed E-state index contributed by atoms with van der Waals surface area (Å²) in [5.74, 6) is -1.56. The van der Waals surface area contributed by atoms with Gasteiger partial charge in [0.1, 0.15) is 11.4 Å². The molecule has 0 aliphatic carbocycles. The number of rotatable bonds is 10. The van der Waals surface area contributed by atoms with E-state index in [2.05, 4.69) is 18.7 Å². The highest BCUT2D eigenvalue weighted by Crippen LogP contribution is 2.41. The summed E-state index contributed by atoms with van der Waals surface area (Å²) in [4.78, 5) is 15.4. The summed E-state index contributed by atoms with van der Waals surface area (Å²) in [5.41, 5.74) is 1.01. The van der Waals surface area contributed by atoms with Crippen LogP contribution >= 0.6 is 0 Å². The maximum absolute atomic E-state index is 13.1. The van der Waals surface area contributed by atoms with E-state index in [1.165, 1.54) is 6.07 Å². The van der Waals surface area contributed by atoms with Crippen LogP contribution < -0.4 is 4.18 Å². The lowest BCUT2D eigenvalue weighted by Crippen LogP contribution is -2.49. The molecule has 0 unspecified atom stereocenters. The zero-order chi connectivity index (χ0) is 29.8. The van der Waals surface area contributed by atoms with E-state index in [0.29, 0.717) is 26.1 Å². The summed E-state index contributed by atoms with van der Waals surface area (Å²) in [7, 11) is -4.39. The number of hydrogen-bond acceptors (Lipinski definition) is 6. The number of carbonyl (C=O) groups is 1. The second-order valence-electron chi connectivity index (χ2n) is 12.0. The molecule has 1 aliphatic heterocycles. The first-order valence-electron chi connectivity index (χ1n) is 13.5. The lowest BCUT2D eigenvalue weighted by Gasteiger charge is -2.46. The van der Waals surface area contributed by atoms with Gasteiger partial charge in [-0.2, -0.15) is 21.6 Å². The highest BCUT2D eigenvalue weighted by atomic mass is 32.2. The molecule has 2 aromatic carbocycles. The molecule has 222 valence electrons. The minimum Gasteiger partial charge on any atom is -0.460 e. The number of hydrogen-bond donors (Lipinski definition) is 0. The van der Waals surface area contributed by atoms with Crippen LogP contribution in [0.4, 0.5) is 13.2 Å². The molecule has 40 heavy (non-hydrogen) atoms. The van der Waals surface area contributed by atoms with E-state index in [-0.39, 0.29) is 29.0 Å². The Morgan fingerprint density at radius 3 is 2.38 bits per heavy atom. The van der Waals surface area contributed by atoms with Gasteiger partial charge in [-0.05, 0) is 74.8 Å². The fourth-order valence-corrected chi connectivity index (χ4v) is 6.02. The molecular formula is C30H40F3NO5S. The summed E-state index contributed by atoms with van der Waals surface area (Å²) in [5, 5.41) is 0. The molecule has 0 amide bonds. The van der Waals surface area contributed by atoms with E-state index in [1.807, 2.05) is 57.2 Å². The topological polar surface area (TPSA) is 72.9 Å². The summed E-state index contributed by atoms with van der Waals surface area (Å²) < 4.78 is 72.6. The third-order valence-corrected chi connectivity index (χ3v) is 8.61. The molecule has 2 aromatic rings. The molecule has 1 aliphatic rings. The number of piperidine rings is 1. The normalized spacial score (nSPS) is 21.6. The Balaban J connectivity index is 1.71. The molecule has 6 nitrogen and oxygen atoms in total. The highest BCUT2D eigenvalue weighted by Gasteiger charge is 2.40. The quantitative estimate of drug-likeness (QED) is 0.247. The predicted octanol–water partition coefficient (Wildman–Crippen LogP) is 6.15. The Morgan fingerprint density at radius 1 is 1.10 bits per heavy atom. The van der Waals surface area contributed by atoms with Gasteiger partial charge in [-0.25, -0.2) is 0 Å². The molecule has 1 saturated heterocycles. The monoisotopic (exact) mass is 583 g/mol. The minimum absolute atomic E-state index is 0.00313. The Morgan fingerprint density at radius 2 is 1.77 bits per heavy atom. The number of esters is 1. The van der Waals surface area contributed by atoms with Crippen molar-refractivity contribution in [3.05, 3.63) is 65.7 Å². The van der Waals surface area contributed by atoms with Crippen molar-refractivity contribution < 1.29 is 35.3 Å². The minimum atomic E-state index is -4.58. The van der Waals surface area contributed by atoms with E-state index in [9.17, 15) is 26.4 Å². The first kappa shape index (κ1) is 31.9. The molecule has 10 heteroatoms. The number of halogens is 3. The molecule has 3 atom stereocenters. The van der Waals surface area contributed by atoms with Crippen molar-refractivity contribution in [3.63, 3.8) is 0 Å². The number of nitrogens with zero attached hydrogens (tertiary/aromatic N) is 1. The van der Waals surface area contributed by atoms with Crippen molar-refractivity contribution in [2.45, 2.75) is 71.1 Å². The molecule has 0 bridgehead atoms. The first-order valence-corrected chi connectivity index (χ1v) is 15.1. The van der Waals surface area contributed by atoms with Crippen molar-refractivity contribution in [2.75, 3.05) is 25.4 Å². The van der Waals surface area contributed by atoms with Crippen LogP contribution in [0.15, 0.2) is 54.6 Å². The van der Waals surface area contributed by atoms with Crippen molar-refractivity contribution in [1.82, 2.24) is 4.90 Å². The van der Waals surface area contributed by atoms with Crippen molar-refractivity contribution in [2.24, 2.45) is 11.8 Å². The van der Waals surface area contributed by atoms with Crippen molar-refractivity contribution >= 4 is 16.1 Å². The lowest BCUT2D eigenvalue weighted by molar-refractivity contribution is -0.161. The molecule has 1 heterocycles. The van der Waals surface area contributed by atoms with E-state index < -0.39 is 34.1 Å². The maximum atomic E-state index is 13.1. The van der Waals surface area contributed by atoms with Gasteiger partial charge in [0.25, 0.3) is 0 Å². The zero-order valence-electron chi connectivity index (χ0n) is 23.8. The third kappa shape index (κ3) is 9.51. The largest absolute Gasteiger partial charge is 0.460 e. The number of ether oxygens (including phenoxy) is 1. The maximum Gasteiger partial charge on any atom is 0.390 e. The molecule has 3 rings (SSSR count). The van der Waals surface area contributed by atoms with Crippen molar-refractivity contribution in [3.8, 4) is 5.75 Å². The van der Waals surface area contributed by atoms with Crippen LogP contribution in [0.5, 0.6) is 5.75 Å². The number of likely N-dealkylation sites (tertiary alicyclic amines) is 1. The second-order valence-corrected chi connectivity index (χ2v) is 13.7. The fraction of sp³-hybridized carbons (Fsp3) is 0.567. The number of alkyl halides is 3. The van der Waals surface area contributed by atoms with Crippen LogP contribution in [0, 0.1) is 11.8 Å². The Hall–Kier alpha value is -2.59. The Bertz CT molecular complexity index is 1240. The van der Waals surface area contributed by atoms with E-state index in [1.54, 1.807) is 12.1 Å². The fourth-order valence-electron chi connectivity index (χ4n) is 5.06. The molecule has 1 fully saturated rings. The summed E-state index contributed by atoms with van der Waals surface area (Å²) in [6.07, 6.45) is -4.74. The van der Waals surface area contributed by atoms with Crippen LogP contribution in [-0.2, 0) is 31.5 Å². The molecule has 0 radical (unpaired) electrons. The molecule has 0 saturated carbocycles. The van der Waals surface area contributed by atoms with Gasteiger partial charge in [0.05, 0.1) is 18.1 Å². The lowest BCUT2D eigenvalue weighted by atomic mass is 9.68. The predicted molar refractivity (Wildman–Crippen MR) is 149 cm³/mol. The summed E-state index contributed by atoms with van der Waals surface area (Å²) >= 11 is 0. The molecule has 0 aromatic heterocycles. The highest BCUT2D eigenvalue weighted by molar-refractivity contribution is 7.87. The number of benzene rings is 2. The van der Waals surface area contributed by atoms with Crippen LogP contribution in [0.2, 0.25) is 0 Å². The Kier molecular flexibility index (Phi) is 9.99. The Labute approximate surface area is 236 Å². The third-order valence-electron chi connectivity index (χ3n) is 7.46. The van der Waals surface area contributed by atoms with E-state index >= 15 is 0 Å². The molecular weight excluding hydrogens is 543 g/mol. The van der Waals surface area contributed by atoms with Crippen LogP contribution in [0.3, 0.4) is 0 Å². The summed E-state index contributed by atoms with van der Waals surface area (Å²) in [6, 6.07) is 16.5. The standard InChI is InChI=1S/C30H40F3NO5S/c1-22-20-34(21-24(27(35)38-28(2,3)4)18-23-10-7-6-8-11-23)16-14-29(22,5)25-12-9-13-26(19-25)39-40(36,37)17-15-30(31,32)33/h6-13,19,22,24H,14-18,20-21H2,1-5H3/t22-,24-,29+/m0/s1. The van der Waals surface area contributed by atoms with Gasteiger partial charge in [0.15, 0.2) is 0 Å². The smallest absolute Gasteiger partial charge is 0.390 e. The van der Waals surface area contributed by atoms with Gasteiger partial charge in [0.2, 0.25) is 0 Å². The van der Waals surface area contributed by atoms with Gasteiger partial charge in [-0.15, -0.1) is 0 Å². The van der Waals surface area contributed by atoms with Gasteiger partial charge in [-0.1, -0.05) is 56.3 Å². The van der Waals surface area contributed by atoms with Gasteiger partial charge >= 0.3 is 22.3 Å². The first-order chi connectivity index (χ1) is 18.5. The van der Waals surface area contributed by atoms with E-state index in [4.69, 9.17) is 8.92 Å². The number of carbonyl (C=O) groups excluding carboxylic acids is 1. The van der Waals surface area contributed by atoms with Crippen molar-refractivity contribution in [1.29, 1.82) is 0 Å². The van der Waals surface area contributed by atoms with Crippen LogP contribution in [0.25, 0.3) is 0 Å². The molecule has 0 N–H and O–H groups in total. The van der Waals surface area contributed by atoms with Crippen LogP contribution in [-0.4, -0.2) is 56.5 Å². The van der Waals surface area contributed by atoms with Gasteiger partial charge in [0, 0.05) is 13.1 Å². The second kappa shape index (κ2) is 12.5.